The van der Waals surface area contributed by atoms with Crippen LogP contribution in [0, 0.1) is 12.7 Å². The van der Waals surface area contributed by atoms with E-state index in [1.165, 1.54) is 12.1 Å². The Bertz CT molecular complexity index is 952. The summed E-state index contributed by atoms with van der Waals surface area (Å²) in [6, 6.07) is 11.4. The summed E-state index contributed by atoms with van der Waals surface area (Å²) >= 11 is 11.9. The minimum Gasteiger partial charge on any atom is -0.495 e. The minimum absolute atomic E-state index is 0.0343. The van der Waals surface area contributed by atoms with Crippen LogP contribution in [0.2, 0.25) is 10.0 Å². The number of hydrogen-bond donors (Lipinski definition) is 2. The first-order chi connectivity index (χ1) is 12.4. The monoisotopic (exact) mass is 392 g/mol. The van der Waals surface area contributed by atoms with Crippen molar-refractivity contribution in [2.75, 3.05) is 17.7 Å². The largest absolute Gasteiger partial charge is 0.495 e. The molecule has 0 aliphatic heterocycles. The van der Waals surface area contributed by atoms with Crippen molar-refractivity contribution < 1.29 is 9.13 Å². The number of hydrogen-bond acceptors (Lipinski definition) is 5. The molecule has 134 valence electrons. The molecule has 8 heteroatoms. The van der Waals surface area contributed by atoms with Crippen molar-refractivity contribution in [1.82, 2.24) is 9.97 Å². The lowest BCUT2D eigenvalue weighted by atomic mass is 10.3. The third-order valence-corrected chi connectivity index (χ3v) is 4.04. The normalized spacial score (nSPS) is 10.5. The highest BCUT2D eigenvalue weighted by atomic mass is 35.5. The zero-order valence-electron chi connectivity index (χ0n) is 14.0. The van der Waals surface area contributed by atoms with Crippen LogP contribution < -0.4 is 15.4 Å². The zero-order chi connectivity index (χ0) is 18.7. The number of aryl methyl sites for hydroxylation is 1. The lowest BCUT2D eigenvalue weighted by Gasteiger charge is -2.11. The fourth-order valence-electron chi connectivity index (χ4n) is 2.28. The predicted octanol–water partition coefficient (Wildman–Crippen LogP) is 5.73. The lowest BCUT2D eigenvalue weighted by molar-refractivity contribution is 0.415. The number of halogens is 3. The number of anilines is 4. The van der Waals surface area contributed by atoms with E-state index >= 15 is 0 Å². The Morgan fingerprint density at radius 3 is 2.31 bits per heavy atom. The number of benzene rings is 2. The van der Waals surface area contributed by atoms with Gasteiger partial charge >= 0.3 is 0 Å². The van der Waals surface area contributed by atoms with E-state index in [0.29, 0.717) is 28.2 Å². The van der Waals surface area contributed by atoms with E-state index in [0.717, 1.165) is 11.4 Å². The Labute approximate surface area is 160 Å². The summed E-state index contributed by atoms with van der Waals surface area (Å²) in [6.07, 6.45) is 0. The quantitative estimate of drug-likeness (QED) is 0.580. The van der Waals surface area contributed by atoms with Gasteiger partial charge in [0, 0.05) is 23.1 Å². The molecule has 0 unspecified atom stereocenters. The van der Waals surface area contributed by atoms with Gasteiger partial charge in [0.1, 0.15) is 17.4 Å². The van der Waals surface area contributed by atoms with E-state index in [-0.39, 0.29) is 5.02 Å². The van der Waals surface area contributed by atoms with Gasteiger partial charge in [-0.3, -0.25) is 0 Å². The molecule has 5 nitrogen and oxygen atoms in total. The molecule has 0 saturated carbocycles. The van der Waals surface area contributed by atoms with Crippen LogP contribution >= 0.6 is 23.2 Å². The Hall–Kier alpha value is -2.57. The molecule has 0 saturated heterocycles. The molecule has 0 aliphatic carbocycles. The fourth-order valence-corrected chi connectivity index (χ4v) is 2.72. The van der Waals surface area contributed by atoms with Gasteiger partial charge in [0.05, 0.1) is 17.2 Å². The molecular formula is C18H15Cl2FN4O. The van der Waals surface area contributed by atoms with Crippen molar-refractivity contribution in [2.45, 2.75) is 6.92 Å². The van der Waals surface area contributed by atoms with E-state index in [9.17, 15) is 4.39 Å². The molecule has 1 heterocycles. The van der Waals surface area contributed by atoms with Crippen LogP contribution in [0.3, 0.4) is 0 Å². The smallest absolute Gasteiger partial charge is 0.229 e. The first-order valence-corrected chi connectivity index (χ1v) is 8.38. The summed E-state index contributed by atoms with van der Waals surface area (Å²) in [6.45, 7) is 1.84. The second-order valence-electron chi connectivity index (χ2n) is 5.45. The SMILES string of the molecule is COc1ccc(Nc2nc(C)cc(Nc3ccc(F)c(Cl)c3)n2)cc1Cl. The second-order valence-corrected chi connectivity index (χ2v) is 6.26. The third-order valence-electron chi connectivity index (χ3n) is 3.45. The molecule has 3 aromatic rings. The molecule has 2 N–H and O–H groups in total. The average molecular weight is 393 g/mol. The third kappa shape index (κ3) is 4.33. The standard InChI is InChI=1S/C18H15Cl2FN4O/c1-10-7-17(23-11-3-5-15(21)13(19)8-11)25-18(22-10)24-12-4-6-16(26-2)14(20)9-12/h3-9H,1-2H3,(H2,22,23,24,25). The second kappa shape index (κ2) is 7.76. The fraction of sp³-hybridized carbons (Fsp3) is 0.111. The number of aromatic nitrogens is 2. The van der Waals surface area contributed by atoms with E-state index < -0.39 is 5.82 Å². The van der Waals surface area contributed by atoms with Crippen molar-refractivity contribution in [1.29, 1.82) is 0 Å². The molecule has 0 bridgehead atoms. The summed E-state index contributed by atoms with van der Waals surface area (Å²) < 4.78 is 18.4. The topological polar surface area (TPSA) is 59.1 Å². The van der Waals surface area contributed by atoms with Gasteiger partial charge in [-0.1, -0.05) is 23.2 Å². The van der Waals surface area contributed by atoms with Crippen LogP contribution in [0.5, 0.6) is 5.75 Å². The number of nitrogens with zero attached hydrogens (tertiary/aromatic N) is 2. The van der Waals surface area contributed by atoms with Crippen LogP contribution in [0.25, 0.3) is 0 Å². The molecule has 0 fully saturated rings. The molecule has 26 heavy (non-hydrogen) atoms. The van der Waals surface area contributed by atoms with E-state index in [1.54, 1.807) is 31.4 Å². The van der Waals surface area contributed by atoms with Crippen molar-refractivity contribution in [3.05, 3.63) is 64.0 Å². The van der Waals surface area contributed by atoms with Crippen molar-refractivity contribution in [3.8, 4) is 5.75 Å². The van der Waals surface area contributed by atoms with Gasteiger partial charge < -0.3 is 15.4 Å². The van der Waals surface area contributed by atoms with Gasteiger partial charge in [-0.25, -0.2) is 9.37 Å². The maximum Gasteiger partial charge on any atom is 0.229 e. The minimum atomic E-state index is -0.477. The van der Waals surface area contributed by atoms with Crippen LogP contribution in [-0.4, -0.2) is 17.1 Å². The Kier molecular flexibility index (Phi) is 5.44. The number of methoxy groups -OCH3 is 1. The number of nitrogens with one attached hydrogen (secondary N) is 2. The Balaban J connectivity index is 1.83. The molecule has 3 rings (SSSR count). The van der Waals surface area contributed by atoms with Gasteiger partial charge in [-0.15, -0.1) is 0 Å². The molecule has 2 aromatic carbocycles. The van der Waals surface area contributed by atoms with Crippen LogP contribution in [0.15, 0.2) is 42.5 Å². The first-order valence-electron chi connectivity index (χ1n) is 7.63. The zero-order valence-corrected chi connectivity index (χ0v) is 15.5. The Morgan fingerprint density at radius 1 is 0.923 bits per heavy atom. The highest BCUT2D eigenvalue weighted by Gasteiger charge is 2.07. The van der Waals surface area contributed by atoms with Gasteiger partial charge in [-0.2, -0.15) is 4.98 Å². The van der Waals surface area contributed by atoms with Crippen molar-refractivity contribution >= 4 is 46.3 Å². The molecule has 0 atom stereocenters. The number of ether oxygens (including phenoxy) is 1. The highest BCUT2D eigenvalue weighted by Crippen LogP contribution is 2.29. The highest BCUT2D eigenvalue weighted by molar-refractivity contribution is 6.32. The van der Waals surface area contributed by atoms with Gasteiger partial charge in [-0.05, 0) is 43.3 Å². The first kappa shape index (κ1) is 18.2. The summed E-state index contributed by atoms with van der Waals surface area (Å²) in [5, 5.41) is 6.69. The molecular weight excluding hydrogens is 378 g/mol. The average Bonchev–Trinajstić information content (AvgIpc) is 2.58. The predicted molar refractivity (Wildman–Crippen MR) is 103 cm³/mol. The van der Waals surface area contributed by atoms with Gasteiger partial charge in [0.15, 0.2) is 0 Å². The molecule has 0 aliphatic rings. The molecule has 0 spiro atoms. The lowest BCUT2D eigenvalue weighted by Crippen LogP contribution is -2.02. The van der Waals surface area contributed by atoms with E-state index in [2.05, 4.69) is 20.6 Å². The maximum absolute atomic E-state index is 13.3. The molecule has 1 aromatic heterocycles. The van der Waals surface area contributed by atoms with E-state index in [4.69, 9.17) is 27.9 Å². The number of rotatable bonds is 5. The maximum atomic E-state index is 13.3. The summed E-state index contributed by atoms with van der Waals surface area (Å²) in [5.41, 5.74) is 2.09. The van der Waals surface area contributed by atoms with E-state index in [1.807, 2.05) is 13.0 Å². The van der Waals surface area contributed by atoms with Crippen molar-refractivity contribution in [2.24, 2.45) is 0 Å². The Morgan fingerprint density at radius 2 is 1.62 bits per heavy atom. The van der Waals surface area contributed by atoms with Crippen molar-refractivity contribution in [3.63, 3.8) is 0 Å². The van der Waals surface area contributed by atoms with Crippen LogP contribution in [-0.2, 0) is 0 Å². The summed E-state index contributed by atoms with van der Waals surface area (Å²) in [5.74, 6) is 1.04. The summed E-state index contributed by atoms with van der Waals surface area (Å²) in [4.78, 5) is 8.76. The molecule has 0 radical (unpaired) electrons. The van der Waals surface area contributed by atoms with Gasteiger partial charge in [0.2, 0.25) is 5.95 Å². The van der Waals surface area contributed by atoms with Gasteiger partial charge in [0.25, 0.3) is 0 Å². The summed E-state index contributed by atoms with van der Waals surface area (Å²) in [7, 11) is 1.55. The van der Waals surface area contributed by atoms with Crippen LogP contribution in [0.1, 0.15) is 5.69 Å². The molecule has 0 amide bonds. The van der Waals surface area contributed by atoms with Crippen LogP contribution in [0.4, 0.5) is 27.5 Å².